The molecule has 0 aromatic heterocycles. The van der Waals surface area contributed by atoms with E-state index in [1.165, 1.54) is 4.90 Å². The number of fused-ring (bicyclic) bond motifs is 1. The van der Waals surface area contributed by atoms with E-state index in [0.717, 1.165) is 17.7 Å². The number of carbonyl (C=O) groups excluding carboxylic acids is 4. The summed E-state index contributed by atoms with van der Waals surface area (Å²) in [5.41, 5.74) is 3.55. The van der Waals surface area contributed by atoms with Crippen molar-refractivity contribution in [1.29, 1.82) is 0 Å². The number of halogens is 1. The SMILES string of the molecule is C[C@H](NC(=O)c1ccc2c(c1)CN(C1CCC(=O)CC1=O)C2=O)c1ccc(CN(C)C)cc1Cl. The van der Waals surface area contributed by atoms with Crippen molar-refractivity contribution in [3.05, 3.63) is 69.2 Å². The van der Waals surface area contributed by atoms with E-state index in [0.29, 0.717) is 34.6 Å². The van der Waals surface area contributed by atoms with Gasteiger partial charge in [0.1, 0.15) is 5.78 Å². The molecule has 0 spiro atoms. The van der Waals surface area contributed by atoms with Crippen molar-refractivity contribution in [1.82, 2.24) is 15.1 Å². The van der Waals surface area contributed by atoms with Gasteiger partial charge < -0.3 is 15.1 Å². The Morgan fingerprint density at radius 3 is 2.62 bits per heavy atom. The average molecular weight is 482 g/mol. The Labute approximate surface area is 204 Å². The minimum atomic E-state index is -0.576. The Morgan fingerprint density at radius 2 is 1.94 bits per heavy atom. The van der Waals surface area contributed by atoms with Crippen LogP contribution in [0.15, 0.2) is 36.4 Å². The zero-order valence-corrected chi connectivity index (χ0v) is 20.3. The van der Waals surface area contributed by atoms with E-state index in [1.807, 2.05) is 39.2 Å². The minimum absolute atomic E-state index is 0.0778. The van der Waals surface area contributed by atoms with Gasteiger partial charge in [-0.1, -0.05) is 23.7 Å². The first kappa shape index (κ1) is 24.1. The Balaban J connectivity index is 1.46. The lowest BCUT2D eigenvalue weighted by atomic mass is 9.92. The van der Waals surface area contributed by atoms with Gasteiger partial charge in [0.05, 0.1) is 18.5 Å². The van der Waals surface area contributed by atoms with Gasteiger partial charge >= 0.3 is 0 Å². The fourth-order valence-electron chi connectivity index (χ4n) is 4.67. The van der Waals surface area contributed by atoms with Crippen molar-refractivity contribution in [2.75, 3.05) is 14.1 Å². The molecule has 1 saturated carbocycles. The van der Waals surface area contributed by atoms with Crippen LogP contribution >= 0.6 is 11.6 Å². The largest absolute Gasteiger partial charge is 0.345 e. The normalized spacial score (nSPS) is 18.9. The summed E-state index contributed by atoms with van der Waals surface area (Å²) in [5.74, 6) is -0.787. The second-order valence-corrected chi connectivity index (χ2v) is 9.74. The molecule has 1 fully saturated rings. The molecule has 1 unspecified atom stereocenters. The summed E-state index contributed by atoms with van der Waals surface area (Å²) >= 11 is 6.48. The molecule has 2 aliphatic rings. The van der Waals surface area contributed by atoms with Gasteiger partial charge in [0.25, 0.3) is 11.8 Å². The van der Waals surface area contributed by atoms with Gasteiger partial charge in [0.2, 0.25) is 0 Å². The molecule has 2 aromatic carbocycles. The molecule has 34 heavy (non-hydrogen) atoms. The Bertz CT molecular complexity index is 1180. The van der Waals surface area contributed by atoms with E-state index in [9.17, 15) is 19.2 Å². The van der Waals surface area contributed by atoms with Gasteiger partial charge in [0, 0.05) is 35.7 Å². The van der Waals surface area contributed by atoms with Crippen molar-refractivity contribution in [2.24, 2.45) is 0 Å². The first-order valence-electron chi connectivity index (χ1n) is 11.4. The maximum atomic E-state index is 13.0. The minimum Gasteiger partial charge on any atom is -0.345 e. The summed E-state index contributed by atoms with van der Waals surface area (Å²) in [6.45, 7) is 2.91. The van der Waals surface area contributed by atoms with Crippen LogP contribution in [0.1, 0.15) is 69.6 Å². The number of nitrogens with zero attached hydrogens (tertiary/aromatic N) is 2. The lowest BCUT2D eigenvalue weighted by molar-refractivity contribution is -0.133. The first-order valence-corrected chi connectivity index (χ1v) is 11.7. The van der Waals surface area contributed by atoms with Gasteiger partial charge in [-0.25, -0.2) is 0 Å². The molecule has 2 atom stereocenters. The van der Waals surface area contributed by atoms with Crippen LogP contribution in [0, 0.1) is 0 Å². The second-order valence-electron chi connectivity index (χ2n) is 9.33. The van der Waals surface area contributed by atoms with Crippen molar-refractivity contribution >= 4 is 35.0 Å². The van der Waals surface area contributed by atoms with E-state index in [1.54, 1.807) is 18.2 Å². The standard InChI is InChI=1S/C26H28ClN3O4/c1-15(20-7-4-16(10-22(20)27)13-29(2)3)28-25(33)17-5-8-21-18(11-17)14-30(26(21)34)23-9-6-19(31)12-24(23)32/h4-5,7-8,10-11,15,23H,6,9,12-14H2,1-3H3,(H,28,33)/t15-,23?/m0/s1. The summed E-state index contributed by atoms with van der Waals surface area (Å²) in [5, 5.41) is 3.57. The molecule has 4 rings (SSSR count). The van der Waals surface area contributed by atoms with Crippen LogP contribution in [0.2, 0.25) is 5.02 Å². The monoisotopic (exact) mass is 481 g/mol. The molecule has 1 aliphatic heterocycles. The van der Waals surface area contributed by atoms with E-state index < -0.39 is 6.04 Å². The van der Waals surface area contributed by atoms with Crippen molar-refractivity contribution in [3.63, 3.8) is 0 Å². The average Bonchev–Trinajstić information content (AvgIpc) is 3.09. The van der Waals surface area contributed by atoms with Gasteiger partial charge in [-0.15, -0.1) is 0 Å². The van der Waals surface area contributed by atoms with Crippen LogP contribution in [0.5, 0.6) is 0 Å². The zero-order chi connectivity index (χ0) is 24.6. The highest BCUT2D eigenvalue weighted by Gasteiger charge is 2.39. The van der Waals surface area contributed by atoms with Gasteiger partial charge in [0.15, 0.2) is 5.78 Å². The maximum absolute atomic E-state index is 13.0. The van der Waals surface area contributed by atoms with Crippen molar-refractivity contribution in [3.8, 4) is 0 Å². The smallest absolute Gasteiger partial charge is 0.255 e. The predicted octanol–water partition coefficient (Wildman–Crippen LogP) is 3.54. The molecule has 7 nitrogen and oxygen atoms in total. The molecule has 178 valence electrons. The van der Waals surface area contributed by atoms with Crippen molar-refractivity contribution in [2.45, 2.75) is 51.4 Å². The highest BCUT2D eigenvalue weighted by molar-refractivity contribution is 6.31. The summed E-state index contributed by atoms with van der Waals surface area (Å²) in [6.07, 6.45) is 0.548. The van der Waals surface area contributed by atoms with Crippen LogP contribution in [-0.2, 0) is 22.7 Å². The molecular formula is C26H28ClN3O4. The molecule has 1 heterocycles. The molecular weight excluding hydrogens is 454 g/mol. The number of carbonyl (C=O) groups is 4. The third kappa shape index (κ3) is 4.91. The van der Waals surface area contributed by atoms with E-state index in [-0.39, 0.29) is 42.4 Å². The predicted molar refractivity (Wildman–Crippen MR) is 129 cm³/mol. The summed E-state index contributed by atoms with van der Waals surface area (Å²) in [7, 11) is 3.98. The zero-order valence-electron chi connectivity index (χ0n) is 19.6. The molecule has 2 amide bonds. The number of ketones is 2. The number of Topliss-reactive ketones (excluding diaryl/α,β-unsaturated/α-hetero) is 2. The van der Waals surface area contributed by atoms with Crippen molar-refractivity contribution < 1.29 is 19.2 Å². The molecule has 2 aromatic rings. The highest BCUT2D eigenvalue weighted by Crippen LogP contribution is 2.30. The van der Waals surface area contributed by atoms with E-state index >= 15 is 0 Å². The summed E-state index contributed by atoms with van der Waals surface area (Å²) < 4.78 is 0. The van der Waals surface area contributed by atoms with Crippen LogP contribution in [0.4, 0.5) is 0 Å². The first-order chi connectivity index (χ1) is 16.1. The summed E-state index contributed by atoms with van der Waals surface area (Å²) in [6, 6.07) is 9.92. The number of nitrogens with one attached hydrogen (secondary N) is 1. The number of hydrogen-bond acceptors (Lipinski definition) is 5. The van der Waals surface area contributed by atoms with Crippen LogP contribution < -0.4 is 5.32 Å². The van der Waals surface area contributed by atoms with Gasteiger partial charge in [-0.3, -0.25) is 19.2 Å². The maximum Gasteiger partial charge on any atom is 0.255 e. The molecule has 0 bridgehead atoms. The molecule has 1 aliphatic carbocycles. The third-order valence-corrected chi connectivity index (χ3v) is 6.72. The number of benzene rings is 2. The van der Waals surface area contributed by atoms with Gasteiger partial charge in [-0.2, -0.15) is 0 Å². The number of hydrogen-bond donors (Lipinski definition) is 1. The Kier molecular flexibility index (Phi) is 6.86. The van der Waals surface area contributed by atoms with Crippen LogP contribution in [0.25, 0.3) is 0 Å². The third-order valence-electron chi connectivity index (χ3n) is 6.39. The second kappa shape index (κ2) is 9.68. The lowest BCUT2D eigenvalue weighted by Gasteiger charge is -2.29. The van der Waals surface area contributed by atoms with Gasteiger partial charge in [-0.05, 0) is 68.4 Å². The van der Waals surface area contributed by atoms with E-state index in [2.05, 4.69) is 10.2 Å². The fourth-order valence-corrected chi connectivity index (χ4v) is 5.03. The summed E-state index contributed by atoms with van der Waals surface area (Å²) in [4.78, 5) is 53.3. The van der Waals surface area contributed by atoms with E-state index in [4.69, 9.17) is 11.6 Å². The number of amides is 2. The quantitative estimate of drug-likeness (QED) is 0.638. The molecule has 1 N–H and O–H groups in total. The molecule has 8 heteroatoms. The lowest BCUT2D eigenvalue weighted by Crippen LogP contribution is -2.44. The highest BCUT2D eigenvalue weighted by atomic mass is 35.5. The molecule has 0 radical (unpaired) electrons. The molecule has 0 saturated heterocycles. The topological polar surface area (TPSA) is 86.8 Å². The Morgan fingerprint density at radius 1 is 1.18 bits per heavy atom. The number of rotatable bonds is 6. The fraction of sp³-hybridized carbons (Fsp3) is 0.385. The van der Waals surface area contributed by atoms with Crippen LogP contribution in [0.3, 0.4) is 0 Å². The Hall–Kier alpha value is -3.03. The van der Waals surface area contributed by atoms with Crippen LogP contribution in [-0.4, -0.2) is 53.3 Å².